The van der Waals surface area contributed by atoms with Gasteiger partial charge in [0, 0.05) is 5.69 Å². The quantitative estimate of drug-likeness (QED) is 0.800. The van der Waals surface area contributed by atoms with Crippen LogP contribution in [-0.4, -0.2) is 18.5 Å². The van der Waals surface area contributed by atoms with Crippen LogP contribution in [0.2, 0.25) is 0 Å². The van der Waals surface area contributed by atoms with Crippen molar-refractivity contribution in [2.75, 3.05) is 5.23 Å². The highest BCUT2D eigenvalue weighted by atomic mass is 16.7. The van der Waals surface area contributed by atoms with Crippen LogP contribution in [0.3, 0.4) is 0 Å². The largest absolute Gasteiger partial charge is 0.591 e. The number of para-hydroxylation sites is 1. The third-order valence-corrected chi connectivity index (χ3v) is 4.89. The highest BCUT2D eigenvalue weighted by molar-refractivity contribution is 6.50. The molecule has 0 atom stereocenters. The molecule has 2 rings (SSSR count). The van der Waals surface area contributed by atoms with Gasteiger partial charge in [0.25, 0.3) is 0 Å². The average Bonchev–Trinajstić information content (AvgIpc) is 2.56. The first-order chi connectivity index (χ1) is 10.0. The first kappa shape index (κ1) is 17.4. The number of rotatable bonds is 4. The van der Waals surface area contributed by atoms with Crippen molar-refractivity contribution in [2.24, 2.45) is 0 Å². The monoisotopic (exact) mass is 303 g/mol. The van der Waals surface area contributed by atoms with E-state index in [1.54, 1.807) is 0 Å². The van der Waals surface area contributed by atoms with Crippen molar-refractivity contribution >= 4 is 12.9 Å². The van der Waals surface area contributed by atoms with E-state index in [9.17, 15) is 0 Å². The number of nitrogens with one attached hydrogen (secondary N) is 1. The molecule has 0 aromatic heterocycles. The van der Waals surface area contributed by atoms with Crippen molar-refractivity contribution in [3.63, 3.8) is 0 Å². The Morgan fingerprint density at radius 2 is 1.27 bits per heavy atom. The molecule has 0 spiro atoms. The molecule has 122 valence electrons. The molecule has 0 amide bonds. The summed E-state index contributed by atoms with van der Waals surface area (Å²) in [5.74, 6) is 0.896. The highest BCUT2D eigenvalue weighted by Crippen LogP contribution is 2.39. The average molecular weight is 303 g/mol. The summed E-state index contributed by atoms with van der Waals surface area (Å²) >= 11 is 0. The molecule has 1 aromatic rings. The van der Waals surface area contributed by atoms with Gasteiger partial charge in [0.05, 0.1) is 11.2 Å². The molecule has 0 saturated carbocycles. The highest BCUT2D eigenvalue weighted by Gasteiger charge is 2.52. The third-order valence-electron chi connectivity index (χ3n) is 4.89. The van der Waals surface area contributed by atoms with Crippen LogP contribution in [0.4, 0.5) is 5.69 Å². The van der Waals surface area contributed by atoms with Crippen molar-refractivity contribution in [1.29, 1.82) is 0 Å². The van der Waals surface area contributed by atoms with Crippen molar-refractivity contribution in [2.45, 2.75) is 78.4 Å². The lowest BCUT2D eigenvalue weighted by atomic mass is 9.90. The molecule has 1 saturated heterocycles. The summed E-state index contributed by atoms with van der Waals surface area (Å²) < 4.78 is 12.2. The van der Waals surface area contributed by atoms with E-state index < -0.39 is 7.25 Å². The summed E-state index contributed by atoms with van der Waals surface area (Å²) in [7, 11) is -0.414. The Balaban J connectivity index is 2.34. The number of hydrogen-bond donors (Lipinski definition) is 1. The van der Waals surface area contributed by atoms with Crippen LogP contribution >= 0.6 is 0 Å². The first-order valence-corrected chi connectivity index (χ1v) is 8.30. The lowest BCUT2D eigenvalue weighted by Crippen LogP contribution is -2.41. The fraction of sp³-hybridized carbons (Fsp3) is 0.667. The molecule has 0 radical (unpaired) electrons. The molecule has 0 unspecified atom stereocenters. The molecule has 0 bridgehead atoms. The van der Waals surface area contributed by atoms with E-state index in [0.29, 0.717) is 11.8 Å². The molecule has 22 heavy (non-hydrogen) atoms. The summed E-state index contributed by atoms with van der Waals surface area (Å²) in [6.07, 6.45) is 0. The zero-order chi connectivity index (χ0) is 16.7. The first-order valence-electron chi connectivity index (χ1n) is 8.30. The normalized spacial score (nSPS) is 20.0. The Morgan fingerprint density at radius 3 is 1.64 bits per heavy atom. The third kappa shape index (κ3) is 3.18. The molecule has 1 aliphatic heterocycles. The fourth-order valence-electron chi connectivity index (χ4n) is 2.74. The van der Waals surface area contributed by atoms with Crippen LogP contribution in [0.25, 0.3) is 0 Å². The summed E-state index contributed by atoms with van der Waals surface area (Å²) in [5.41, 5.74) is 3.12. The predicted octanol–water partition coefficient (Wildman–Crippen LogP) is 4.93. The van der Waals surface area contributed by atoms with Crippen LogP contribution < -0.4 is 5.23 Å². The van der Waals surface area contributed by atoms with E-state index in [0.717, 1.165) is 5.69 Å². The SMILES string of the molecule is CC(C)c1cccc(C(C)C)c1NB1OC(C)(C)C(C)(C)O1. The molecule has 4 heteroatoms. The second-order valence-electron chi connectivity index (χ2n) is 7.85. The van der Waals surface area contributed by atoms with E-state index in [4.69, 9.17) is 9.31 Å². The van der Waals surface area contributed by atoms with Crippen molar-refractivity contribution in [3.05, 3.63) is 29.3 Å². The topological polar surface area (TPSA) is 30.5 Å². The minimum absolute atomic E-state index is 0.324. The van der Waals surface area contributed by atoms with Crippen LogP contribution in [-0.2, 0) is 9.31 Å². The van der Waals surface area contributed by atoms with Crippen LogP contribution in [0.5, 0.6) is 0 Å². The van der Waals surface area contributed by atoms with Crippen molar-refractivity contribution < 1.29 is 9.31 Å². The Bertz CT molecular complexity index is 496. The zero-order valence-electron chi connectivity index (χ0n) is 15.3. The van der Waals surface area contributed by atoms with E-state index in [1.165, 1.54) is 11.1 Å². The maximum Gasteiger partial charge on any atom is 0.591 e. The smallest absolute Gasteiger partial charge is 0.384 e. The van der Waals surface area contributed by atoms with Gasteiger partial charge in [-0.1, -0.05) is 45.9 Å². The van der Waals surface area contributed by atoms with E-state index in [2.05, 4.69) is 78.8 Å². The Morgan fingerprint density at radius 1 is 0.864 bits per heavy atom. The minimum Gasteiger partial charge on any atom is -0.384 e. The van der Waals surface area contributed by atoms with Crippen molar-refractivity contribution in [1.82, 2.24) is 0 Å². The van der Waals surface area contributed by atoms with E-state index in [1.807, 2.05) is 0 Å². The molecule has 3 nitrogen and oxygen atoms in total. The molecule has 1 aliphatic rings. The lowest BCUT2D eigenvalue weighted by Gasteiger charge is -2.32. The van der Waals surface area contributed by atoms with E-state index in [-0.39, 0.29) is 11.2 Å². The van der Waals surface area contributed by atoms with Gasteiger partial charge in [-0.2, -0.15) is 0 Å². The standard InChI is InChI=1S/C18H30BNO2/c1-12(2)14-10-9-11-15(13(3)4)16(14)20-19-21-17(5,6)18(7,8)22-19/h9-13,20H,1-8H3. The fourth-order valence-corrected chi connectivity index (χ4v) is 2.74. The molecule has 1 heterocycles. The van der Waals surface area contributed by atoms with Gasteiger partial charge in [-0.15, -0.1) is 0 Å². The van der Waals surface area contributed by atoms with Gasteiger partial charge in [0.15, 0.2) is 0 Å². The van der Waals surface area contributed by atoms with Crippen LogP contribution in [0, 0.1) is 0 Å². The molecular weight excluding hydrogens is 273 g/mol. The number of hydrogen-bond acceptors (Lipinski definition) is 3. The van der Waals surface area contributed by atoms with Gasteiger partial charge in [0.2, 0.25) is 0 Å². The maximum absolute atomic E-state index is 6.10. The second-order valence-corrected chi connectivity index (χ2v) is 7.85. The van der Waals surface area contributed by atoms with Gasteiger partial charge in [-0.25, -0.2) is 0 Å². The number of anilines is 1. The Labute approximate surface area is 135 Å². The van der Waals surface area contributed by atoms with Crippen molar-refractivity contribution in [3.8, 4) is 0 Å². The molecule has 1 fully saturated rings. The summed E-state index contributed by atoms with van der Waals surface area (Å²) in [6.45, 7) is 17.2. The summed E-state index contributed by atoms with van der Waals surface area (Å²) in [4.78, 5) is 0. The van der Waals surface area contributed by atoms with Gasteiger partial charge >= 0.3 is 7.25 Å². The van der Waals surface area contributed by atoms with E-state index >= 15 is 0 Å². The molecule has 0 aliphatic carbocycles. The van der Waals surface area contributed by atoms with Gasteiger partial charge in [0.1, 0.15) is 0 Å². The summed E-state index contributed by atoms with van der Waals surface area (Å²) in [6, 6.07) is 6.51. The van der Waals surface area contributed by atoms with Crippen LogP contribution in [0.1, 0.15) is 78.4 Å². The van der Waals surface area contributed by atoms with Gasteiger partial charge in [-0.3, -0.25) is 0 Å². The van der Waals surface area contributed by atoms with Gasteiger partial charge in [-0.05, 0) is 50.7 Å². The number of benzene rings is 1. The predicted molar refractivity (Wildman–Crippen MR) is 94.3 cm³/mol. The summed E-state index contributed by atoms with van der Waals surface area (Å²) in [5, 5.41) is 3.51. The Kier molecular flexibility index (Phi) is 4.65. The van der Waals surface area contributed by atoms with Gasteiger partial charge < -0.3 is 14.5 Å². The van der Waals surface area contributed by atoms with Crippen LogP contribution in [0.15, 0.2) is 18.2 Å². The zero-order valence-corrected chi connectivity index (χ0v) is 15.3. The molecule has 1 aromatic carbocycles. The second kappa shape index (κ2) is 5.90. The Hall–Kier alpha value is -0.995. The minimum atomic E-state index is -0.414. The molecule has 1 N–H and O–H groups in total. The lowest BCUT2D eigenvalue weighted by molar-refractivity contribution is 0.00578. The molecular formula is C18H30BNO2. The maximum atomic E-state index is 6.10.